The van der Waals surface area contributed by atoms with E-state index in [2.05, 4.69) is 71.0 Å². The zero-order valence-corrected chi connectivity index (χ0v) is 12.8. The Balaban J connectivity index is 1.91. The third-order valence-electron chi connectivity index (χ3n) is 3.48. The van der Waals surface area contributed by atoms with Gasteiger partial charge < -0.3 is 10.2 Å². The molecule has 2 nitrogen and oxygen atoms in total. The molecule has 1 fully saturated rings. The van der Waals surface area contributed by atoms with Crippen LogP contribution in [0.25, 0.3) is 0 Å². The number of likely N-dealkylation sites (tertiary alicyclic amines) is 1. The van der Waals surface area contributed by atoms with E-state index in [9.17, 15) is 0 Å². The minimum atomic E-state index is 0.448. The topological polar surface area (TPSA) is 15.3 Å². The van der Waals surface area contributed by atoms with Crippen LogP contribution in [0.4, 0.5) is 0 Å². The van der Waals surface area contributed by atoms with E-state index in [-0.39, 0.29) is 0 Å². The van der Waals surface area contributed by atoms with E-state index in [0.29, 0.717) is 12.1 Å². The van der Waals surface area contributed by atoms with Crippen LogP contribution < -0.4 is 5.32 Å². The summed E-state index contributed by atoms with van der Waals surface area (Å²) >= 11 is 2.35. The first-order chi connectivity index (χ1) is 8.15. The Bertz CT molecular complexity index is 350. The molecule has 1 saturated heterocycles. The molecule has 2 atom stereocenters. The fourth-order valence-electron chi connectivity index (χ4n) is 2.50. The lowest BCUT2D eigenvalue weighted by atomic mass is 10.0. The Hall–Kier alpha value is -0.130. The second-order valence-electron chi connectivity index (χ2n) is 5.04. The minimum absolute atomic E-state index is 0.448. The molecule has 1 aromatic rings. The van der Waals surface area contributed by atoms with Gasteiger partial charge in [0.15, 0.2) is 0 Å². The van der Waals surface area contributed by atoms with Crippen molar-refractivity contribution in [3.63, 3.8) is 0 Å². The van der Waals surface area contributed by atoms with Crippen molar-refractivity contribution in [1.82, 2.24) is 10.2 Å². The lowest BCUT2D eigenvalue weighted by molar-refractivity contribution is 0.218. The van der Waals surface area contributed by atoms with Gasteiger partial charge in [-0.3, -0.25) is 0 Å². The Morgan fingerprint density at radius 3 is 2.71 bits per heavy atom. The molecule has 1 aliphatic heterocycles. The minimum Gasteiger partial charge on any atom is -0.306 e. The van der Waals surface area contributed by atoms with Crippen LogP contribution in [0.1, 0.15) is 31.4 Å². The highest BCUT2D eigenvalue weighted by Gasteiger charge is 2.18. The number of likely N-dealkylation sites (N-methyl/N-ethyl adjacent to an activating group) is 1. The quantitative estimate of drug-likeness (QED) is 0.848. The van der Waals surface area contributed by atoms with Gasteiger partial charge in [0, 0.05) is 22.2 Å². The van der Waals surface area contributed by atoms with Crippen LogP contribution >= 0.6 is 22.6 Å². The molecule has 0 amide bonds. The molecular formula is C14H21IN2. The first kappa shape index (κ1) is 13.3. The molecule has 0 aliphatic carbocycles. The predicted octanol–water partition coefficient (Wildman–Crippen LogP) is 3.04. The summed E-state index contributed by atoms with van der Waals surface area (Å²) in [5, 5.41) is 3.74. The smallest absolute Gasteiger partial charge is 0.0294 e. The molecule has 94 valence electrons. The number of benzene rings is 1. The standard InChI is InChI=1S/C14H21IN2/c1-11(12-5-7-13(15)8-6-12)16-14-4-3-9-17(2)10-14/h5-8,11,14,16H,3-4,9-10H2,1-2H3. The molecule has 2 unspecified atom stereocenters. The number of piperidine rings is 1. The molecule has 3 heteroatoms. The maximum atomic E-state index is 3.74. The lowest BCUT2D eigenvalue weighted by Gasteiger charge is -2.32. The van der Waals surface area contributed by atoms with Crippen molar-refractivity contribution in [1.29, 1.82) is 0 Å². The van der Waals surface area contributed by atoms with Gasteiger partial charge in [0.2, 0.25) is 0 Å². The third-order valence-corrected chi connectivity index (χ3v) is 4.20. The number of nitrogens with zero attached hydrogens (tertiary/aromatic N) is 1. The summed E-state index contributed by atoms with van der Waals surface area (Å²) < 4.78 is 1.30. The van der Waals surface area contributed by atoms with Gasteiger partial charge in [0.05, 0.1) is 0 Å². The summed E-state index contributed by atoms with van der Waals surface area (Å²) in [5.74, 6) is 0. The van der Waals surface area contributed by atoms with Crippen LogP contribution in [0.15, 0.2) is 24.3 Å². The van der Waals surface area contributed by atoms with Gasteiger partial charge in [-0.25, -0.2) is 0 Å². The summed E-state index contributed by atoms with van der Waals surface area (Å²) in [5.41, 5.74) is 1.39. The Morgan fingerprint density at radius 2 is 2.06 bits per heavy atom. The highest BCUT2D eigenvalue weighted by molar-refractivity contribution is 14.1. The van der Waals surface area contributed by atoms with E-state index in [0.717, 1.165) is 0 Å². The monoisotopic (exact) mass is 344 g/mol. The molecule has 2 rings (SSSR count). The van der Waals surface area contributed by atoms with Gasteiger partial charge in [-0.2, -0.15) is 0 Å². The second-order valence-corrected chi connectivity index (χ2v) is 6.29. The SMILES string of the molecule is CC(NC1CCCN(C)C1)c1ccc(I)cc1. The first-order valence-corrected chi connectivity index (χ1v) is 7.43. The van der Waals surface area contributed by atoms with E-state index in [1.54, 1.807) is 0 Å². The molecule has 0 radical (unpaired) electrons. The summed E-state index contributed by atoms with van der Waals surface area (Å²) in [6, 6.07) is 9.91. The van der Waals surface area contributed by atoms with Gasteiger partial charge in [-0.15, -0.1) is 0 Å². The molecule has 1 heterocycles. The maximum absolute atomic E-state index is 3.74. The van der Waals surface area contributed by atoms with Crippen LogP contribution in [-0.2, 0) is 0 Å². The summed E-state index contributed by atoms with van der Waals surface area (Å²) in [6.45, 7) is 4.68. The van der Waals surface area contributed by atoms with E-state index < -0.39 is 0 Å². The van der Waals surface area contributed by atoms with Gasteiger partial charge in [0.25, 0.3) is 0 Å². The number of nitrogens with one attached hydrogen (secondary N) is 1. The van der Waals surface area contributed by atoms with E-state index in [1.807, 2.05) is 0 Å². The van der Waals surface area contributed by atoms with Gasteiger partial charge in [-0.1, -0.05) is 12.1 Å². The maximum Gasteiger partial charge on any atom is 0.0294 e. The van der Waals surface area contributed by atoms with Crippen molar-refractivity contribution in [3.8, 4) is 0 Å². The van der Waals surface area contributed by atoms with Gasteiger partial charge in [-0.05, 0) is 73.6 Å². The normalized spacial score (nSPS) is 23.6. The van der Waals surface area contributed by atoms with Gasteiger partial charge >= 0.3 is 0 Å². The highest BCUT2D eigenvalue weighted by Crippen LogP contribution is 2.17. The molecule has 0 aromatic heterocycles. The van der Waals surface area contributed by atoms with Crippen molar-refractivity contribution in [2.24, 2.45) is 0 Å². The van der Waals surface area contributed by atoms with Gasteiger partial charge in [0.1, 0.15) is 0 Å². The van der Waals surface area contributed by atoms with Crippen LogP contribution in [-0.4, -0.2) is 31.1 Å². The van der Waals surface area contributed by atoms with Crippen molar-refractivity contribution in [3.05, 3.63) is 33.4 Å². The van der Waals surface area contributed by atoms with Crippen LogP contribution in [0.5, 0.6) is 0 Å². The van der Waals surface area contributed by atoms with Crippen LogP contribution in [0, 0.1) is 3.57 Å². The predicted molar refractivity (Wildman–Crippen MR) is 81.2 cm³/mol. The molecule has 1 N–H and O–H groups in total. The zero-order chi connectivity index (χ0) is 12.3. The average molecular weight is 344 g/mol. The molecule has 1 aromatic carbocycles. The molecule has 0 spiro atoms. The van der Waals surface area contributed by atoms with E-state index in [1.165, 1.54) is 35.1 Å². The van der Waals surface area contributed by atoms with Crippen molar-refractivity contribution < 1.29 is 0 Å². The summed E-state index contributed by atoms with van der Waals surface area (Å²) in [7, 11) is 2.21. The van der Waals surface area contributed by atoms with E-state index >= 15 is 0 Å². The first-order valence-electron chi connectivity index (χ1n) is 6.35. The molecule has 0 bridgehead atoms. The fraction of sp³-hybridized carbons (Fsp3) is 0.571. The highest BCUT2D eigenvalue weighted by atomic mass is 127. The van der Waals surface area contributed by atoms with Crippen molar-refractivity contribution >= 4 is 22.6 Å². The molecule has 17 heavy (non-hydrogen) atoms. The van der Waals surface area contributed by atoms with E-state index in [4.69, 9.17) is 0 Å². The van der Waals surface area contributed by atoms with Crippen LogP contribution in [0.2, 0.25) is 0 Å². The fourth-order valence-corrected chi connectivity index (χ4v) is 2.86. The third kappa shape index (κ3) is 3.93. The van der Waals surface area contributed by atoms with Crippen molar-refractivity contribution in [2.75, 3.05) is 20.1 Å². The number of rotatable bonds is 3. The second kappa shape index (κ2) is 6.16. The molecule has 1 aliphatic rings. The molecule has 0 saturated carbocycles. The summed E-state index contributed by atoms with van der Waals surface area (Å²) in [4.78, 5) is 2.42. The lowest BCUT2D eigenvalue weighted by Crippen LogP contribution is -2.44. The Labute approximate surface area is 118 Å². The number of halogens is 1. The number of hydrogen-bond donors (Lipinski definition) is 1. The number of hydrogen-bond acceptors (Lipinski definition) is 2. The van der Waals surface area contributed by atoms with Crippen LogP contribution in [0.3, 0.4) is 0 Å². The Kier molecular flexibility index (Phi) is 4.82. The zero-order valence-electron chi connectivity index (χ0n) is 10.6. The largest absolute Gasteiger partial charge is 0.306 e. The summed E-state index contributed by atoms with van der Waals surface area (Å²) in [6.07, 6.45) is 2.62. The Morgan fingerprint density at radius 1 is 1.35 bits per heavy atom. The molecular weight excluding hydrogens is 323 g/mol. The average Bonchev–Trinajstić information content (AvgIpc) is 2.29. The van der Waals surface area contributed by atoms with Crippen molar-refractivity contribution in [2.45, 2.75) is 31.8 Å².